The van der Waals surface area contributed by atoms with E-state index in [1.54, 1.807) is 18.0 Å². The molecule has 0 fully saturated rings. The van der Waals surface area contributed by atoms with Gasteiger partial charge in [-0.1, -0.05) is 0 Å². The van der Waals surface area contributed by atoms with Gasteiger partial charge in [0, 0.05) is 42.0 Å². The van der Waals surface area contributed by atoms with Gasteiger partial charge in [0.15, 0.2) is 0 Å². The van der Waals surface area contributed by atoms with Crippen LogP contribution in [-0.2, 0) is 7.05 Å². The van der Waals surface area contributed by atoms with E-state index in [1.807, 2.05) is 43.8 Å². The van der Waals surface area contributed by atoms with Crippen molar-refractivity contribution in [1.29, 1.82) is 0 Å². The van der Waals surface area contributed by atoms with Crippen molar-refractivity contribution in [3.63, 3.8) is 0 Å². The fourth-order valence-electron chi connectivity index (χ4n) is 2.15. The molecule has 3 rings (SSSR count). The molecule has 0 spiro atoms. The van der Waals surface area contributed by atoms with E-state index in [0.29, 0.717) is 0 Å². The van der Waals surface area contributed by atoms with E-state index in [9.17, 15) is 0 Å². The van der Waals surface area contributed by atoms with E-state index in [-0.39, 0.29) is 0 Å². The molecule has 0 radical (unpaired) electrons. The predicted octanol–water partition coefficient (Wildman–Crippen LogP) is 2.64. The molecule has 18 heavy (non-hydrogen) atoms. The Hall–Kier alpha value is -2.36. The van der Waals surface area contributed by atoms with Crippen molar-refractivity contribution in [3.05, 3.63) is 43.0 Å². The van der Waals surface area contributed by atoms with Crippen LogP contribution in [0.3, 0.4) is 0 Å². The Bertz CT molecular complexity index is 703. The molecule has 4 nitrogen and oxygen atoms in total. The van der Waals surface area contributed by atoms with Crippen LogP contribution in [0.15, 0.2) is 43.0 Å². The second-order valence-corrected chi connectivity index (χ2v) is 4.14. The molecule has 0 N–H and O–H groups in total. The summed E-state index contributed by atoms with van der Waals surface area (Å²) in [5.74, 6) is 0.861. The van der Waals surface area contributed by atoms with Gasteiger partial charge in [-0.05, 0) is 23.8 Å². The van der Waals surface area contributed by atoms with Crippen molar-refractivity contribution >= 4 is 10.8 Å². The van der Waals surface area contributed by atoms with Gasteiger partial charge in [-0.3, -0.25) is 9.67 Å². The van der Waals surface area contributed by atoms with Crippen molar-refractivity contribution in [2.75, 3.05) is 7.11 Å². The lowest BCUT2D eigenvalue weighted by atomic mass is 10.0. The SMILES string of the molecule is COc1ccc(-c2cnn(C)c2)c2cnccc12. The van der Waals surface area contributed by atoms with E-state index < -0.39 is 0 Å². The first-order valence-corrected chi connectivity index (χ1v) is 5.69. The van der Waals surface area contributed by atoms with Crippen molar-refractivity contribution in [2.24, 2.45) is 7.05 Å². The minimum absolute atomic E-state index is 0.861. The molecule has 2 aromatic heterocycles. The minimum atomic E-state index is 0.861. The molecule has 90 valence electrons. The largest absolute Gasteiger partial charge is 0.496 e. The number of aryl methyl sites for hydroxylation is 1. The van der Waals surface area contributed by atoms with Gasteiger partial charge in [0.1, 0.15) is 5.75 Å². The van der Waals surface area contributed by atoms with E-state index >= 15 is 0 Å². The lowest BCUT2D eigenvalue weighted by Gasteiger charge is -2.08. The lowest BCUT2D eigenvalue weighted by molar-refractivity contribution is 0.420. The van der Waals surface area contributed by atoms with Gasteiger partial charge >= 0.3 is 0 Å². The third-order valence-corrected chi connectivity index (χ3v) is 3.01. The van der Waals surface area contributed by atoms with Crippen molar-refractivity contribution in [1.82, 2.24) is 14.8 Å². The van der Waals surface area contributed by atoms with Crippen molar-refractivity contribution in [2.45, 2.75) is 0 Å². The molecule has 2 heterocycles. The number of fused-ring (bicyclic) bond motifs is 1. The zero-order chi connectivity index (χ0) is 12.5. The van der Waals surface area contributed by atoms with Gasteiger partial charge < -0.3 is 4.74 Å². The number of aromatic nitrogens is 3. The predicted molar refractivity (Wildman–Crippen MR) is 70.5 cm³/mol. The van der Waals surface area contributed by atoms with Gasteiger partial charge in [-0.2, -0.15) is 5.10 Å². The number of hydrogen-bond acceptors (Lipinski definition) is 3. The Balaban J connectivity index is 2.31. The average molecular weight is 239 g/mol. The Morgan fingerprint density at radius 3 is 2.72 bits per heavy atom. The number of pyridine rings is 1. The number of ether oxygens (including phenoxy) is 1. The standard InChI is InChI=1S/C14H13N3O/c1-17-9-10(7-16-17)11-3-4-14(18-2)12-5-6-15-8-13(11)12/h3-9H,1-2H3. The lowest BCUT2D eigenvalue weighted by Crippen LogP contribution is -1.88. The van der Waals surface area contributed by atoms with Gasteiger partial charge in [0.25, 0.3) is 0 Å². The molecule has 0 unspecified atom stereocenters. The fraction of sp³-hybridized carbons (Fsp3) is 0.143. The summed E-state index contributed by atoms with van der Waals surface area (Å²) < 4.78 is 7.17. The van der Waals surface area contributed by atoms with Crippen molar-refractivity contribution < 1.29 is 4.74 Å². The Morgan fingerprint density at radius 2 is 2.00 bits per heavy atom. The summed E-state index contributed by atoms with van der Waals surface area (Å²) in [7, 11) is 3.59. The normalized spacial score (nSPS) is 10.8. The summed E-state index contributed by atoms with van der Waals surface area (Å²) in [6, 6.07) is 5.98. The maximum absolute atomic E-state index is 5.37. The van der Waals surface area contributed by atoms with Crippen LogP contribution in [-0.4, -0.2) is 21.9 Å². The number of rotatable bonds is 2. The number of hydrogen-bond donors (Lipinski definition) is 0. The van der Waals surface area contributed by atoms with Crippen molar-refractivity contribution in [3.8, 4) is 16.9 Å². The number of nitrogens with zero attached hydrogens (tertiary/aromatic N) is 3. The second kappa shape index (κ2) is 4.14. The molecule has 0 aliphatic heterocycles. The summed E-state index contributed by atoms with van der Waals surface area (Å²) in [6.07, 6.45) is 7.49. The zero-order valence-corrected chi connectivity index (χ0v) is 10.3. The zero-order valence-electron chi connectivity index (χ0n) is 10.3. The first-order chi connectivity index (χ1) is 8.79. The van der Waals surface area contributed by atoms with Crippen LogP contribution in [0.1, 0.15) is 0 Å². The third kappa shape index (κ3) is 1.62. The smallest absolute Gasteiger partial charge is 0.126 e. The second-order valence-electron chi connectivity index (χ2n) is 4.14. The Labute approximate surface area is 105 Å². The first-order valence-electron chi connectivity index (χ1n) is 5.69. The molecule has 0 aliphatic rings. The molecule has 1 aromatic carbocycles. The highest BCUT2D eigenvalue weighted by Crippen LogP contribution is 2.33. The summed E-state index contributed by atoms with van der Waals surface area (Å²) in [5, 5.41) is 6.35. The Kier molecular flexibility index (Phi) is 2.48. The van der Waals surface area contributed by atoms with Crippen LogP contribution in [0.25, 0.3) is 21.9 Å². The molecule has 0 bridgehead atoms. The monoisotopic (exact) mass is 239 g/mol. The maximum atomic E-state index is 5.37. The van der Waals surface area contributed by atoms with Crippen LogP contribution >= 0.6 is 0 Å². The molecule has 0 saturated carbocycles. The van der Waals surface area contributed by atoms with Crippen LogP contribution in [0, 0.1) is 0 Å². The van der Waals surface area contributed by atoms with E-state index in [0.717, 1.165) is 27.6 Å². The minimum Gasteiger partial charge on any atom is -0.496 e. The van der Waals surface area contributed by atoms with E-state index in [1.165, 1.54) is 0 Å². The highest BCUT2D eigenvalue weighted by molar-refractivity contribution is 5.99. The number of methoxy groups -OCH3 is 1. The summed E-state index contributed by atoms with van der Waals surface area (Å²) in [4.78, 5) is 4.20. The Morgan fingerprint density at radius 1 is 1.11 bits per heavy atom. The molecular formula is C14H13N3O. The molecule has 0 saturated heterocycles. The van der Waals surface area contributed by atoms with E-state index in [2.05, 4.69) is 10.1 Å². The molecule has 0 aliphatic carbocycles. The van der Waals surface area contributed by atoms with Crippen LogP contribution < -0.4 is 4.74 Å². The first kappa shape index (κ1) is 10.8. The molecule has 0 amide bonds. The molecule has 0 atom stereocenters. The summed E-state index contributed by atoms with van der Waals surface area (Å²) >= 11 is 0. The van der Waals surface area contributed by atoms with Crippen LogP contribution in [0.2, 0.25) is 0 Å². The molecule has 3 aromatic rings. The average Bonchev–Trinajstić information content (AvgIpc) is 2.84. The molecule has 4 heteroatoms. The summed E-state index contributed by atoms with van der Waals surface area (Å²) in [6.45, 7) is 0. The highest BCUT2D eigenvalue weighted by atomic mass is 16.5. The highest BCUT2D eigenvalue weighted by Gasteiger charge is 2.09. The maximum Gasteiger partial charge on any atom is 0.126 e. The number of benzene rings is 1. The van der Waals surface area contributed by atoms with E-state index in [4.69, 9.17) is 4.74 Å². The van der Waals surface area contributed by atoms with Crippen LogP contribution in [0.4, 0.5) is 0 Å². The van der Waals surface area contributed by atoms with Gasteiger partial charge in [0.05, 0.1) is 13.3 Å². The topological polar surface area (TPSA) is 39.9 Å². The van der Waals surface area contributed by atoms with Gasteiger partial charge in [0.2, 0.25) is 0 Å². The van der Waals surface area contributed by atoms with Crippen LogP contribution in [0.5, 0.6) is 5.75 Å². The molecular weight excluding hydrogens is 226 g/mol. The van der Waals surface area contributed by atoms with Gasteiger partial charge in [-0.15, -0.1) is 0 Å². The third-order valence-electron chi connectivity index (χ3n) is 3.01. The quantitative estimate of drug-likeness (QED) is 0.690. The fourth-order valence-corrected chi connectivity index (χ4v) is 2.15. The summed E-state index contributed by atoms with van der Waals surface area (Å²) in [5.41, 5.74) is 2.20. The van der Waals surface area contributed by atoms with Gasteiger partial charge in [-0.25, -0.2) is 0 Å².